The number of likely N-dealkylation sites (N-methyl/N-ethyl adjacent to an activating group) is 1. The monoisotopic (exact) mass is 337 g/mol. The van der Waals surface area contributed by atoms with E-state index in [1.165, 1.54) is 64.2 Å². The fourth-order valence-corrected chi connectivity index (χ4v) is 2.52. The van der Waals surface area contributed by atoms with E-state index in [0.717, 1.165) is 40.8 Å². The Morgan fingerprint density at radius 2 is 1.30 bits per heavy atom. The molecule has 0 bridgehead atoms. The van der Waals surface area contributed by atoms with Crippen LogP contribution in [0.2, 0.25) is 0 Å². The second-order valence-corrected chi connectivity index (χ2v) is 7.45. The average Bonchev–Trinajstić information content (AvgIpc) is 2.52. The maximum atomic E-state index is 10.8. The van der Waals surface area contributed by atoms with E-state index in [4.69, 9.17) is 5.11 Å². The van der Waals surface area contributed by atoms with Crippen LogP contribution in [-0.2, 0) is 9.59 Å². The third kappa shape index (κ3) is 24.5. The molecule has 1 atom stereocenters. The summed E-state index contributed by atoms with van der Waals surface area (Å²) in [4.78, 5) is 20.6. The van der Waals surface area contributed by atoms with Gasteiger partial charge in [0.15, 0.2) is 0 Å². The first kappa shape index (κ1) is 25.3. The Kier molecular flexibility index (Phi) is 22.2. The van der Waals surface area contributed by atoms with E-state index in [-0.39, 0.29) is 0 Å². The minimum Gasteiger partial charge on any atom is -0.480 e. The molecule has 1 unspecified atom stereocenters. The molecule has 0 aromatic rings. The van der Waals surface area contributed by atoms with Crippen molar-refractivity contribution in [3.05, 3.63) is 0 Å². The Bertz CT molecular complexity index is 285. The molecule has 0 aliphatic rings. The summed E-state index contributed by atoms with van der Waals surface area (Å²) in [5, 5.41) is 10.7. The van der Waals surface area contributed by atoms with Crippen molar-refractivity contribution < 1.29 is 14.7 Å². The van der Waals surface area contributed by atoms with Gasteiger partial charge in [-0.1, -0.05) is 13.3 Å². The van der Waals surface area contributed by atoms with Gasteiger partial charge in [-0.15, -0.1) is 0 Å². The van der Waals surface area contributed by atoms with Crippen LogP contribution in [0.25, 0.3) is 0 Å². The molecular weight excluding hydrogens is 301 g/mol. The van der Waals surface area contributed by atoms with E-state index >= 15 is 0 Å². The molecule has 0 rings (SSSR count). The Labute approximate surface area is 160 Å². The minimum absolute atomic E-state index is 0.431. The van der Waals surface area contributed by atoms with Gasteiger partial charge in [0.1, 0.15) is 6.04 Å². The van der Waals surface area contributed by atoms with Crippen LogP contribution in [0.4, 0.5) is 0 Å². The zero-order chi connectivity index (χ0) is 17.9. The summed E-state index contributed by atoms with van der Waals surface area (Å²) in [5.41, 5.74) is 0. The number of rotatable bonds is 14. The van der Waals surface area contributed by atoms with Crippen LogP contribution in [0.5, 0.6) is 0 Å². The van der Waals surface area contributed by atoms with Gasteiger partial charge >= 0.3 is 112 Å². The van der Waals surface area contributed by atoms with Crippen molar-refractivity contribution in [2.45, 2.75) is 96.9 Å². The van der Waals surface area contributed by atoms with Crippen LogP contribution >= 0.6 is 0 Å². The van der Waals surface area contributed by atoms with Crippen molar-refractivity contribution in [1.29, 1.82) is 0 Å². The normalized spacial score (nSPS) is 11.5. The number of aliphatic carboxylic acids is 1. The van der Waals surface area contributed by atoms with E-state index in [1.54, 1.807) is 14.0 Å². The van der Waals surface area contributed by atoms with Crippen LogP contribution < -0.4 is 5.32 Å². The summed E-state index contributed by atoms with van der Waals surface area (Å²) in [5.74, 6) is -0.817. The smallest absolute Gasteiger partial charge is 0.320 e. The van der Waals surface area contributed by atoms with Crippen LogP contribution in [0.15, 0.2) is 0 Å². The van der Waals surface area contributed by atoms with Gasteiger partial charge < -0.3 is 10.4 Å². The van der Waals surface area contributed by atoms with Gasteiger partial charge in [0.25, 0.3) is 0 Å². The van der Waals surface area contributed by atoms with Crippen LogP contribution in [0.3, 0.4) is 0 Å². The molecule has 23 heavy (non-hydrogen) atoms. The van der Waals surface area contributed by atoms with Crippen LogP contribution in [-0.4, -0.2) is 55.1 Å². The van der Waals surface area contributed by atoms with E-state index in [2.05, 4.69) is 12.2 Å². The number of carbonyl (C=O) groups excluding carboxylic acids is 1. The maximum absolute atomic E-state index is 10.8. The first-order chi connectivity index (χ1) is 11.0. The first-order valence-electron chi connectivity index (χ1n) is 9.35. The fraction of sp³-hybridized carbons (Fsp3) is 0.889. The summed E-state index contributed by atoms with van der Waals surface area (Å²) in [6, 6.07) is -0.431. The number of carboxylic acids is 1. The molecule has 0 aliphatic carbocycles. The maximum Gasteiger partial charge on any atom is 0.320 e. The van der Waals surface area contributed by atoms with Gasteiger partial charge in [-0.3, -0.25) is 4.79 Å². The molecular formula is C18H36NNaO3. The predicted molar refractivity (Wildman–Crippen MR) is 98.0 cm³/mol. The Morgan fingerprint density at radius 1 is 0.913 bits per heavy atom. The van der Waals surface area contributed by atoms with E-state index < -0.39 is 12.0 Å². The molecule has 2 N–H and O–H groups in total. The predicted octanol–water partition coefficient (Wildman–Crippen LogP) is 4.06. The summed E-state index contributed by atoms with van der Waals surface area (Å²) in [6.45, 7) is 3.85. The number of carbonyl (C=O) groups is 2. The van der Waals surface area contributed by atoms with Crippen molar-refractivity contribution in [2.24, 2.45) is 0 Å². The summed E-state index contributed by atoms with van der Waals surface area (Å²) < 4.78 is 0.482. The van der Waals surface area contributed by atoms with E-state index in [0.29, 0.717) is 3.03 Å². The molecule has 132 valence electrons. The second-order valence-electron chi connectivity index (χ2n) is 6.34. The summed E-state index contributed by atoms with van der Waals surface area (Å²) in [6.07, 6.45) is 15.8. The summed E-state index contributed by atoms with van der Waals surface area (Å²) in [7, 11) is 1.61. The largest absolute Gasteiger partial charge is 0.480 e. The quantitative estimate of drug-likeness (QED) is 0.370. The van der Waals surface area contributed by atoms with Gasteiger partial charge in [-0.05, 0) is 14.0 Å². The van der Waals surface area contributed by atoms with Gasteiger partial charge in [0.05, 0.1) is 0 Å². The zero-order valence-electron chi connectivity index (χ0n) is 15.8. The van der Waals surface area contributed by atoms with Gasteiger partial charge in [-0.25, -0.2) is 0 Å². The molecule has 0 aromatic heterocycles. The molecule has 0 amide bonds. The van der Waals surface area contributed by atoms with Gasteiger partial charge in [-0.2, -0.15) is 0 Å². The van der Waals surface area contributed by atoms with Crippen molar-refractivity contribution in [3.63, 3.8) is 0 Å². The van der Waals surface area contributed by atoms with Crippen molar-refractivity contribution >= 4 is 36.9 Å². The standard InChI is InChI=1S/C14H27O.C4H9NO2.Na/c1-2-3-4-5-6-7-8-9-10-11-12-13-14-15;1-3(5-2)4(6)7;/h2-13H2,1H3;3,5H,1-2H3,(H,6,7);. The Morgan fingerprint density at radius 3 is 1.57 bits per heavy atom. The SMILES string of the molecule is CCCCCCCCCCCCC[C](=O)[Na].CNC(C)C(=O)O. The number of unbranched alkanes of at least 4 members (excludes halogenated alkanes) is 10. The molecule has 0 saturated heterocycles. The number of hydrogen-bond donors (Lipinski definition) is 2. The Balaban J connectivity index is 0. The minimum atomic E-state index is -0.817. The first-order valence-corrected chi connectivity index (χ1v) is 10.3. The van der Waals surface area contributed by atoms with Crippen molar-refractivity contribution in [2.75, 3.05) is 7.05 Å². The molecule has 0 spiro atoms. The van der Waals surface area contributed by atoms with E-state index in [1.807, 2.05) is 0 Å². The van der Waals surface area contributed by atoms with E-state index in [9.17, 15) is 9.59 Å². The Hall–Kier alpha value is 0.1000. The molecule has 0 heterocycles. The molecule has 0 radical (unpaired) electrons. The molecule has 5 heteroatoms. The summed E-state index contributed by atoms with van der Waals surface area (Å²) >= 11 is 0.751. The number of nitrogens with one attached hydrogen (secondary N) is 1. The van der Waals surface area contributed by atoms with Gasteiger partial charge in [0, 0.05) is 0 Å². The number of hydrogen-bond acceptors (Lipinski definition) is 3. The fourth-order valence-electron chi connectivity index (χ4n) is 2.16. The molecule has 0 saturated carbocycles. The third-order valence-electron chi connectivity index (χ3n) is 3.94. The molecule has 0 aliphatic heterocycles. The average molecular weight is 337 g/mol. The second kappa shape index (κ2) is 20.1. The van der Waals surface area contributed by atoms with Gasteiger partial charge in [0.2, 0.25) is 0 Å². The zero-order valence-corrected chi connectivity index (χ0v) is 17.8. The molecule has 0 aromatic carbocycles. The number of carboxylic acid groups (broad SMARTS) is 1. The van der Waals surface area contributed by atoms with Crippen molar-refractivity contribution in [3.8, 4) is 0 Å². The van der Waals surface area contributed by atoms with Crippen LogP contribution in [0, 0.1) is 0 Å². The topological polar surface area (TPSA) is 66.4 Å². The molecule has 4 nitrogen and oxygen atoms in total. The molecule has 0 fully saturated rings. The van der Waals surface area contributed by atoms with Crippen LogP contribution in [0.1, 0.15) is 90.9 Å². The van der Waals surface area contributed by atoms with Crippen molar-refractivity contribution in [1.82, 2.24) is 5.32 Å². The third-order valence-corrected chi connectivity index (χ3v) is 4.44.